The van der Waals surface area contributed by atoms with Crippen LogP contribution in [0.1, 0.15) is 12.8 Å². The van der Waals surface area contributed by atoms with E-state index in [1.54, 1.807) is 4.90 Å². The van der Waals surface area contributed by atoms with Gasteiger partial charge in [-0.15, -0.1) is 0 Å². The molecular formula is C15H22N4O3. The van der Waals surface area contributed by atoms with Crippen molar-refractivity contribution in [1.82, 2.24) is 9.80 Å². The molecular weight excluding hydrogens is 284 g/mol. The number of piperazine rings is 1. The monoisotopic (exact) mass is 306 g/mol. The van der Waals surface area contributed by atoms with E-state index in [2.05, 4.69) is 10.2 Å². The van der Waals surface area contributed by atoms with E-state index in [1.807, 2.05) is 11.9 Å². The average molecular weight is 306 g/mol. The number of carbonyl (C=O) groups is 1. The van der Waals surface area contributed by atoms with Crippen LogP contribution < -0.4 is 21.1 Å². The van der Waals surface area contributed by atoms with E-state index in [4.69, 9.17) is 0 Å². The molecule has 1 amide bonds. The molecule has 3 rings (SSSR count). The predicted molar refractivity (Wildman–Crippen MR) is 85.4 cm³/mol. The van der Waals surface area contributed by atoms with Crippen LogP contribution in [0.5, 0.6) is 0 Å². The van der Waals surface area contributed by atoms with Crippen molar-refractivity contribution < 1.29 is 4.79 Å². The second-order valence-electron chi connectivity index (χ2n) is 6.11. The Kier molecular flexibility index (Phi) is 4.15. The second-order valence-corrected chi connectivity index (χ2v) is 6.11. The zero-order chi connectivity index (χ0) is 15.7. The van der Waals surface area contributed by atoms with E-state index in [9.17, 15) is 14.4 Å². The van der Waals surface area contributed by atoms with Crippen LogP contribution in [0.4, 0.5) is 11.4 Å². The molecule has 1 N–H and O–H groups in total. The number of likely N-dealkylation sites (tertiary alicyclic amines) is 1. The molecule has 7 nitrogen and oxygen atoms in total. The summed E-state index contributed by atoms with van der Waals surface area (Å²) < 4.78 is 0. The summed E-state index contributed by atoms with van der Waals surface area (Å²) in [7, 11) is 2.04. The van der Waals surface area contributed by atoms with Crippen molar-refractivity contribution in [2.45, 2.75) is 12.8 Å². The minimum Gasteiger partial charge on any atom is -0.371 e. The maximum atomic E-state index is 12.0. The lowest BCUT2D eigenvalue weighted by Crippen LogP contribution is -2.51. The van der Waals surface area contributed by atoms with Gasteiger partial charge >= 0.3 is 0 Å². The Morgan fingerprint density at radius 1 is 1.00 bits per heavy atom. The molecule has 1 aromatic carbocycles. The molecule has 2 aliphatic rings. The first-order valence-electron chi connectivity index (χ1n) is 7.86. The first kappa shape index (κ1) is 15.0. The van der Waals surface area contributed by atoms with Gasteiger partial charge in [0.1, 0.15) is 11.4 Å². The van der Waals surface area contributed by atoms with Crippen molar-refractivity contribution in [3.8, 4) is 0 Å². The quantitative estimate of drug-likeness (QED) is 0.725. The van der Waals surface area contributed by atoms with Gasteiger partial charge in [0.05, 0.1) is 6.54 Å². The molecule has 2 aliphatic heterocycles. The minimum absolute atomic E-state index is 0.00474. The minimum atomic E-state index is -0.497. The van der Waals surface area contributed by atoms with Crippen molar-refractivity contribution in [3.63, 3.8) is 0 Å². The van der Waals surface area contributed by atoms with Crippen molar-refractivity contribution >= 4 is 17.3 Å². The molecule has 0 saturated carbocycles. The molecule has 7 heteroatoms. The number of nitrogens with zero attached hydrogens (tertiary/aromatic N) is 3. The third-order valence-electron chi connectivity index (χ3n) is 4.58. The lowest BCUT2D eigenvalue weighted by molar-refractivity contribution is -0.128. The maximum absolute atomic E-state index is 12.0. The molecule has 2 fully saturated rings. The summed E-state index contributed by atoms with van der Waals surface area (Å²) in [5.74, 6) is -0.00474. The Bertz CT molecular complexity index is 621. The Hall–Kier alpha value is -1.89. The molecule has 0 radical (unpaired) electrons. The predicted octanol–water partition coefficient (Wildman–Crippen LogP) is -0.931. The summed E-state index contributed by atoms with van der Waals surface area (Å²) in [6, 6.07) is 0. The number of carbonyl (C=O) groups excluding carboxylic acids is 1. The summed E-state index contributed by atoms with van der Waals surface area (Å²) in [5.41, 5.74) is -0.141. The largest absolute Gasteiger partial charge is 0.371 e. The Morgan fingerprint density at radius 2 is 1.64 bits per heavy atom. The third kappa shape index (κ3) is 2.72. The fourth-order valence-electron chi connectivity index (χ4n) is 3.12. The molecule has 22 heavy (non-hydrogen) atoms. The number of hydrogen-bond donors (Lipinski definition) is 1. The van der Waals surface area contributed by atoms with Gasteiger partial charge in [0.2, 0.25) is 5.91 Å². The summed E-state index contributed by atoms with van der Waals surface area (Å²) in [4.78, 5) is 41.6. The van der Waals surface area contributed by atoms with E-state index in [0.717, 1.165) is 52.1 Å². The first-order valence-corrected chi connectivity index (χ1v) is 7.86. The van der Waals surface area contributed by atoms with Crippen LogP contribution in [0.2, 0.25) is 0 Å². The fourth-order valence-corrected chi connectivity index (χ4v) is 3.12. The normalized spacial score (nSPS) is 19.9. The molecule has 0 aliphatic carbocycles. The van der Waals surface area contributed by atoms with Gasteiger partial charge in [-0.3, -0.25) is 14.4 Å². The van der Waals surface area contributed by atoms with Crippen LogP contribution in [-0.2, 0) is 4.79 Å². The van der Waals surface area contributed by atoms with E-state index in [0.29, 0.717) is 11.4 Å². The standard InChI is InChI=1S/C15H22N4O3/c1-17-6-8-19(9-7-17)13-12(14(21)15(13)22)16-10-11(20)18-4-2-3-5-18/h16H,2-10H2,1H3. The lowest BCUT2D eigenvalue weighted by Gasteiger charge is -2.35. The molecule has 0 bridgehead atoms. The van der Waals surface area contributed by atoms with Gasteiger partial charge in [0.25, 0.3) is 10.9 Å². The second kappa shape index (κ2) is 6.08. The van der Waals surface area contributed by atoms with E-state index >= 15 is 0 Å². The van der Waals surface area contributed by atoms with Crippen LogP contribution >= 0.6 is 0 Å². The molecule has 0 atom stereocenters. The van der Waals surface area contributed by atoms with E-state index in [1.165, 1.54) is 0 Å². The van der Waals surface area contributed by atoms with Gasteiger partial charge in [0, 0.05) is 39.3 Å². The molecule has 2 heterocycles. The van der Waals surface area contributed by atoms with Gasteiger partial charge in [-0.05, 0) is 19.9 Å². The average Bonchev–Trinajstić information content (AvgIpc) is 3.06. The third-order valence-corrected chi connectivity index (χ3v) is 4.58. The smallest absolute Gasteiger partial charge is 0.253 e. The fraction of sp³-hybridized carbons (Fsp3) is 0.667. The number of rotatable bonds is 4. The summed E-state index contributed by atoms with van der Waals surface area (Å²) in [6.07, 6.45) is 2.08. The van der Waals surface area contributed by atoms with Crippen molar-refractivity contribution in [1.29, 1.82) is 0 Å². The lowest BCUT2D eigenvalue weighted by atomic mass is 10.1. The molecule has 2 saturated heterocycles. The van der Waals surface area contributed by atoms with Crippen molar-refractivity contribution in [3.05, 3.63) is 20.4 Å². The van der Waals surface area contributed by atoms with Crippen LogP contribution in [0, 0.1) is 0 Å². The van der Waals surface area contributed by atoms with Crippen molar-refractivity contribution in [2.75, 3.05) is 63.1 Å². The summed E-state index contributed by atoms with van der Waals surface area (Å²) >= 11 is 0. The summed E-state index contributed by atoms with van der Waals surface area (Å²) in [5, 5.41) is 2.90. The van der Waals surface area contributed by atoms with Crippen LogP contribution in [0.15, 0.2) is 9.59 Å². The first-order chi connectivity index (χ1) is 10.6. The molecule has 120 valence electrons. The molecule has 0 unspecified atom stereocenters. The zero-order valence-electron chi connectivity index (χ0n) is 12.9. The Labute approximate surface area is 129 Å². The number of hydrogen-bond acceptors (Lipinski definition) is 6. The van der Waals surface area contributed by atoms with Crippen LogP contribution in [0.25, 0.3) is 0 Å². The van der Waals surface area contributed by atoms with Crippen LogP contribution in [-0.4, -0.2) is 68.6 Å². The molecule has 0 aromatic heterocycles. The van der Waals surface area contributed by atoms with Gasteiger partial charge in [0.15, 0.2) is 0 Å². The Morgan fingerprint density at radius 3 is 2.27 bits per heavy atom. The van der Waals surface area contributed by atoms with E-state index < -0.39 is 10.9 Å². The van der Waals surface area contributed by atoms with E-state index in [-0.39, 0.29) is 12.5 Å². The van der Waals surface area contributed by atoms with Gasteiger partial charge in [-0.25, -0.2) is 0 Å². The van der Waals surface area contributed by atoms with Gasteiger partial charge in [-0.1, -0.05) is 0 Å². The number of anilines is 2. The van der Waals surface area contributed by atoms with Gasteiger partial charge in [-0.2, -0.15) is 0 Å². The highest BCUT2D eigenvalue weighted by Gasteiger charge is 2.28. The number of likely N-dealkylation sites (N-methyl/N-ethyl adjacent to an activating group) is 1. The van der Waals surface area contributed by atoms with Crippen molar-refractivity contribution in [2.24, 2.45) is 0 Å². The maximum Gasteiger partial charge on any atom is 0.253 e. The highest BCUT2D eigenvalue weighted by molar-refractivity contribution is 5.84. The highest BCUT2D eigenvalue weighted by Crippen LogP contribution is 2.21. The van der Waals surface area contributed by atoms with Gasteiger partial charge < -0.3 is 20.0 Å². The Balaban J connectivity index is 1.64. The molecule has 0 spiro atoms. The topological polar surface area (TPSA) is 73.0 Å². The SMILES string of the molecule is CN1CCN(c2c(NCC(=O)N3CCCC3)c(=O)c2=O)CC1. The molecule has 1 aromatic rings. The van der Waals surface area contributed by atoms with Crippen LogP contribution in [0.3, 0.4) is 0 Å². The number of amides is 1. The summed E-state index contributed by atoms with van der Waals surface area (Å²) in [6.45, 7) is 4.86. The highest BCUT2D eigenvalue weighted by atomic mass is 16.2. The number of nitrogens with one attached hydrogen (secondary N) is 1. The zero-order valence-corrected chi connectivity index (χ0v) is 12.9.